The Morgan fingerprint density at radius 2 is 2.25 bits per heavy atom. The Morgan fingerprint density at radius 1 is 1.50 bits per heavy atom. The average molecular weight is 268 g/mol. The van der Waals surface area contributed by atoms with Crippen LogP contribution in [0.3, 0.4) is 0 Å². The fourth-order valence-corrected chi connectivity index (χ4v) is 3.05. The molecule has 0 amide bonds. The van der Waals surface area contributed by atoms with Crippen LogP contribution in [0.5, 0.6) is 0 Å². The molecule has 1 aliphatic rings. The molecule has 0 fully saturated rings. The van der Waals surface area contributed by atoms with Crippen LogP contribution in [0.15, 0.2) is 5.38 Å². The smallest absolute Gasteiger partial charge is 0 e. The normalized spacial score (nSPS) is 15.3. The van der Waals surface area contributed by atoms with E-state index >= 15 is 0 Å². The molecule has 0 spiro atoms. The van der Waals surface area contributed by atoms with E-state index in [9.17, 15) is 0 Å². The van der Waals surface area contributed by atoms with Gasteiger partial charge in [0, 0.05) is 19.5 Å². The van der Waals surface area contributed by atoms with Crippen LogP contribution in [0.4, 0.5) is 0 Å². The summed E-state index contributed by atoms with van der Waals surface area (Å²) in [5.74, 6) is 1.60. The Morgan fingerprint density at radius 3 is 2.92 bits per heavy atom. The molecule has 0 saturated heterocycles. The molecule has 2 heteroatoms. The molecule has 0 N–H and O–H groups in total. The average Bonchev–Trinajstić information content (AvgIpc) is 2.34. The first-order valence-electron chi connectivity index (χ1n) is 4.19. The molecule has 0 aliphatic heterocycles. The van der Waals surface area contributed by atoms with Crippen LogP contribution in [0, 0.1) is 12.8 Å². The van der Waals surface area contributed by atoms with Gasteiger partial charge in [-0.15, -0.1) is 5.56 Å². The standard InChI is InChI=1S/C10H13S.Rh/c1-7-4-3-5-9-10(7)8(2)6-11-9;/h6H,3-5H2,1-2H3;/q-1;. The second-order valence-corrected chi connectivity index (χ2v) is 4.31. The molecule has 0 nitrogen and oxygen atoms in total. The van der Waals surface area contributed by atoms with Crippen LogP contribution in [-0.4, -0.2) is 0 Å². The van der Waals surface area contributed by atoms with E-state index in [2.05, 4.69) is 19.2 Å². The molecule has 0 aromatic carbocycles. The Bertz CT molecular complexity index is 265. The zero-order valence-electron chi connectivity index (χ0n) is 7.44. The molecule has 2 rings (SSSR count). The maximum Gasteiger partial charge on any atom is 0 e. The van der Waals surface area contributed by atoms with Gasteiger partial charge in [0.2, 0.25) is 0 Å². The first-order chi connectivity index (χ1) is 5.29. The van der Waals surface area contributed by atoms with Gasteiger partial charge in [-0.1, -0.05) is 43.4 Å². The van der Waals surface area contributed by atoms with E-state index in [-0.39, 0.29) is 19.5 Å². The van der Waals surface area contributed by atoms with Gasteiger partial charge in [-0.2, -0.15) is 11.5 Å². The molecule has 12 heavy (non-hydrogen) atoms. The first kappa shape index (κ1) is 10.3. The maximum absolute atomic E-state index is 2.29. The summed E-state index contributed by atoms with van der Waals surface area (Å²) in [7, 11) is 0. The molecule has 0 saturated carbocycles. The molecule has 1 aromatic rings. The molecule has 1 heterocycles. The topological polar surface area (TPSA) is 0 Å². The Labute approximate surface area is 91.1 Å². The second-order valence-electron chi connectivity index (χ2n) is 3.35. The third kappa shape index (κ3) is 1.60. The third-order valence-corrected chi connectivity index (χ3v) is 3.60. The Kier molecular flexibility index (Phi) is 3.37. The second kappa shape index (κ2) is 3.93. The van der Waals surface area contributed by atoms with E-state index in [1.165, 1.54) is 24.8 Å². The van der Waals surface area contributed by atoms with Crippen molar-refractivity contribution in [2.45, 2.75) is 33.1 Å². The molecular weight excluding hydrogens is 255 g/mol. The number of fused-ring (bicyclic) bond motifs is 1. The number of aryl methyl sites for hydroxylation is 2. The largest absolute Gasteiger partial charge is 0.230 e. The summed E-state index contributed by atoms with van der Waals surface area (Å²) in [6.07, 6.45) is 3.98. The van der Waals surface area contributed by atoms with E-state index in [0.717, 1.165) is 0 Å². The molecular formula is C10H13RhS-. The molecule has 1 aliphatic carbocycles. The van der Waals surface area contributed by atoms with Gasteiger partial charge in [0.1, 0.15) is 0 Å². The summed E-state index contributed by atoms with van der Waals surface area (Å²) in [5, 5.41) is 2.29. The van der Waals surface area contributed by atoms with E-state index in [1.807, 2.05) is 11.3 Å². The van der Waals surface area contributed by atoms with Crippen LogP contribution < -0.4 is 0 Å². The van der Waals surface area contributed by atoms with E-state index in [1.54, 1.807) is 16.4 Å². The van der Waals surface area contributed by atoms with Crippen LogP contribution in [0.25, 0.3) is 0 Å². The monoisotopic (exact) mass is 268 g/mol. The van der Waals surface area contributed by atoms with Crippen LogP contribution in [0.2, 0.25) is 0 Å². The van der Waals surface area contributed by atoms with Crippen LogP contribution in [0.1, 0.15) is 35.8 Å². The third-order valence-electron chi connectivity index (χ3n) is 2.43. The predicted octanol–water partition coefficient (Wildman–Crippen LogP) is 3.33. The van der Waals surface area contributed by atoms with Gasteiger partial charge in [0.15, 0.2) is 0 Å². The van der Waals surface area contributed by atoms with Gasteiger partial charge in [-0.3, -0.25) is 0 Å². The quantitative estimate of drug-likeness (QED) is 0.500. The molecule has 1 aromatic heterocycles. The summed E-state index contributed by atoms with van der Waals surface area (Å²) in [6.45, 7) is 4.50. The Hall–Kier alpha value is 0.193. The van der Waals surface area contributed by atoms with Crippen molar-refractivity contribution in [1.29, 1.82) is 0 Å². The number of hydrogen-bond donors (Lipinski definition) is 0. The summed E-state index contributed by atoms with van der Waals surface area (Å²) in [5.41, 5.74) is 3.07. The van der Waals surface area contributed by atoms with Crippen LogP contribution >= 0.6 is 11.3 Å². The predicted molar refractivity (Wildman–Crippen MR) is 50.0 cm³/mol. The molecule has 69 valence electrons. The van der Waals surface area contributed by atoms with Gasteiger partial charge < -0.3 is 0 Å². The minimum atomic E-state index is 0. The summed E-state index contributed by atoms with van der Waals surface area (Å²) in [6, 6.07) is 0. The van der Waals surface area contributed by atoms with Crippen molar-refractivity contribution in [2.75, 3.05) is 0 Å². The van der Waals surface area contributed by atoms with E-state index < -0.39 is 0 Å². The molecule has 0 bridgehead atoms. The first-order valence-corrected chi connectivity index (χ1v) is 5.07. The minimum Gasteiger partial charge on any atom is -0.230 e. The zero-order chi connectivity index (χ0) is 7.84. The van der Waals surface area contributed by atoms with Gasteiger partial charge in [0.05, 0.1) is 0 Å². The van der Waals surface area contributed by atoms with Gasteiger partial charge in [0.25, 0.3) is 0 Å². The van der Waals surface area contributed by atoms with Crippen molar-refractivity contribution >= 4 is 11.3 Å². The number of thiophene rings is 1. The molecule has 1 radical (unpaired) electrons. The van der Waals surface area contributed by atoms with Crippen LogP contribution in [-0.2, 0) is 25.9 Å². The summed E-state index contributed by atoms with van der Waals surface area (Å²) >= 11 is 1.93. The van der Waals surface area contributed by atoms with Crippen molar-refractivity contribution in [1.82, 2.24) is 0 Å². The van der Waals surface area contributed by atoms with Crippen molar-refractivity contribution < 1.29 is 19.5 Å². The number of rotatable bonds is 0. The summed E-state index contributed by atoms with van der Waals surface area (Å²) < 4.78 is 0. The van der Waals surface area contributed by atoms with Crippen molar-refractivity contribution in [2.24, 2.45) is 0 Å². The SMILES string of the molecule is Cc1csc2c1[C-](C)CCC2.[Rh]. The van der Waals surface area contributed by atoms with Crippen molar-refractivity contribution in [3.63, 3.8) is 0 Å². The van der Waals surface area contributed by atoms with E-state index in [4.69, 9.17) is 0 Å². The fourth-order valence-electron chi connectivity index (χ4n) is 1.89. The summed E-state index contributed by atoms with van der Waals surface area (Å²) in [4.78, 5) is 1.62. The Balaban J connectivity index is 0.000000720. The van der Waals surface area contributed by atoms with Gasteiger partial charge in [-0.25, -0.2) is 11.3 Å². The zero-order valence-corrected chi connectivity index (χ0v) is 9.90. The number of hydrogen-bond acceptors (Lipinski definition) is 1. The van der Waals surface area contributed by atoms with E-state index in [0.29, 0.717) is 0 Å². The van der Waals surface area contributed by atoms with Gasteiger partial charge >= 0.3 is 0 Å². The molecule has 0 atom stereocenters. The molecule has 0 unspecified atom stereocenters. The van der Waals surface area contributed by atoms with Gasteiger partial charge in [-0.05, 0) is 0 Å². The maximum atomic E-state index is 2.29. The minimum absolute atomic E-state index is 0. The van der Waals surface area contributed by atoms with Crippen molar-refractivity contribution in [3.05, 3.63) is 27.3 Å². The fraction of sp³-hybridized carbons (Fsp3) is 0.500. The van der Waals surface area contributed by atoms with Crippen molar-refractivity contribution in [3.8, 4) is 0 Å².